The van der Waals surface area contributed by atoms with E-state index in [9.17, 15) is 10.1 Å². The van der Waals surface area contributed by atoms with Gasteiger partial charge in [-0.1, -0.05) is 6.07 Å². The van der Waals surface area contributed by atoms with Gasteiger partial charge in [0.15, 0.2) is 0 Å². The third-order valence-corrected chi connectivity index (χ3v) is 2.63. The Bertz CT molecular complexity index is 701. The molecule has 94 valence electrons. The first-order valence-corrected chi connectivity index (χ1v) is 5.57. The predicted octanol–water partition coefficient (Wildman–Crippen LogP) is 3.03. The SMILES string of the molecule is O=[N+]([O-])c1ccc(Oc2cc3ccccn3c2)nc1. The molecule has 0 saturated heterocycles. The smallest absolute Gasteiger partial charge is 0.287 e. The summed E-state index contributed by atoms with van der Waals surface area (Å²) < 4.78 is 7.46. The van der Waals surface area contributed by atoms with E-state index in [4.69, 9.17) is 4.74 Å². The van der Waals surface area contributed by atoms with E-state index in [0.29, 0.717) is 11.6 Å². The summed E-state index contributed by atoms with van der Waals surface area (Å²) in [5.74, 6) is 0.953. The number of fused-ring (bicyclic) bond motifs is 1. The third-order valence-electron chi connectivity index (χ3n) is 2.63. The molecule has 19 heavy (non-hydrogen) atoms. The normalized spacial score (nSPS) is 10.5. The number of pyridine rings is 2. The van der Waals surface area contributed by atoms with Crippen molar-refractivity contribution in [3.05, 3.63) is 65.1 Å². The van der Waals surface area contributed by atoms with E-state index in [2.05, 4.69) is 4.98 Å². The maximum atomic E-state index is 10.5. The lowest BCUT2D eigenvalue weighted by atomic mass is 10.4. The van der Waals surface area contributed by atoms with Gasteiger partial charge in [0.05, 0.1) is 11.1 Å². The van der Waals surface area contributed by atoms with Crippen LogP contribution in [0.3, 0.4) is 0 Å². The highest BCUT2D eigenvalue weighted by Gasteiger charge is 2.07. The molecule has 0 spiro atoms. The Morgan fingerprint density at radius 3 is 2.84 bits per heavy atom. The van der Waals surface area contributed by atoms with Gasteiger partial charge in [-0.25, -0.2) is 4.98 Å². The van der Waals surface area contributed by atoms with Crippen LogP contribution in [-0.2, 0) is 0 Å². The molecule has 0 aromatic carbocycles. The largest absolute Gasteiger partial charge is 0.437 e. The highest BCUT2D eigenvalue weighted by Crippen LogP contribution is 2.23. The molecule has 0 amide bonds. The number of nitro groups is 1. The third kappa shape index (κ3) is 2.23. The zero-order valence-corrected chi connectivity index (χ0v) is 9.76. The standard InChI is InChI=1S/C13H9N3O3/c17-16(18)11-4-5-13(14-8-11)19-12-7-10-3-1-2-6-15(10)9-12/h1-9H. The highest BCUT2D eigenvalue weighted by molar-refractivity contribution is 5.53. The lowest BCUT2D eigenvalue weighted by Crippen LogP contribution is -1.90. The summed E-state index contributed by atoms with van der Waals surface area (Å²) in [6.45, 7) is 0. The van der Waals surface area contributed by atoms with Crippen LogP contribution in [0.25, 0.3) is 5.52 Å². The minimum atomic E-state index is -0.497. The second-order valence-electron chi connectivity index (χ2n) is 3.92. The van der Waals surface area contributed by atoms with Crippen molar-refractivity contribution in [2.75, 3.05) is 0 Å². The Labute approximate surface area is 108 Å². The van der Waals surface area contributed by atoms with E-state index in [1.165, 1.54) is 18.3 Å². The Balaban J connectivity index is 1.86. The minimum Gasteiger partial charge on any atom is -0.437 e. The summed E-state index contributed by atoms with van der Waals surface area (Å²) in [4.78, 5) is 13.9. The van der Waals surface area contributed by atoms with E-state index in [1.807, 2.05) is 41.1 Å². The van der Waals surface area contributed by atoms with Crippen LogP contribution >= 0.6 is 0 Å². The van der Waals surface area contributed by atoms with E-state index < -0.39 is 4.92 Å². The number of nitrogens with zero attached hydrogens (tertiary/aromatic N) is 3. The second-order valence-corrected chi connectivity index (χ2v) is 3.92. The minimum absolute atomic E-state index is 0.0607. The van der Waals surface area contributed by atoms with Crippen LogP contribution in [0.15, 0.2) is 55.0 Å². The number of aromatic nitrogens is 2. The molecule has 0 unspecified atom stereocenters. The van der Waals surface area contributed by atoms with Crippen molar-refractivity contribution < 1.29 is 9.66 Å². The fourth-order valence-corrected chi connectivity index (χ4v) is 1.75. The molecular weight excluding hydrogens is 246 g/mol. The first-order valence-electron chi connectivity index (χ1n) is 5.57. The van der Waals surface area contributed by atoms with Crippen molar-refractivity contribution in [3.8, 4) is 11.6 Å². The molecular formula is C13H9N3O3. The van der Waals surface area contributed by atoms with Gasteiger partial charge in [-0.15, -0.1) is 0 Å². The van der Waals surface area contributed by atoms with Gasteiger partial charge in [0.2, 0.25) is 5.88 Å². The van der Waals surface area contributed by atoms with Crippen molar-refractivity contribution >= 4 is 11.2 Å². The van der Waals surface area contributed by atoms with E-state index in [1.54, 1.807) is 0 Å². The summed E-state index contributed by atoms with van der Waals surface area (Å²) in [6.07, 6.45) is 4.90. The Kier molecular flexibility index (Phi) is 2.60. The molecule has 0 bridgehead atoms. The van der Waals surface area contributed by atoms with Crippen molar-refractivity contribution in [1.29, 1.82) is 0 Å². The van der Waals surface area contributed by atoms with Crippen LogP contribution in [0.5, 0.6) is 11.6 Å². The molecule has 0 aliphatic heterocycles. The average Bonchev–Trinajstić information content (AvgIpc) is 2.81. The molecule has 0 aliphatic carbocycles. The van der Waals surface area contributed by atoms with Gasteiger partial charge in [0.1, 0.15) is 11.9 Å². The molecule has 3 heterocycles. The molecule has 0 atom stereocenters. The Morgan fingerprint density at radius 2 is 2.16 bits per heavy atom. The van der Waals surface area contributed by atoms with E-state index in [0.717, 1.165) is 5.52 Å². The summed E-state index contributed by atoms with van der Waals surface area (Å²) in [7, 11) is 0. The quantitative estimate of drug-likeness (QED) is 0.532. The maximum absolute atomic E-state index is 10.5. The van der Waals surface area contributed by atoms with Crippen LogP contribution in [0.1, 0.15) is 0 Å². The molecule has 0 saturated carbocycles. The van der Waals surface area contributed by atoms with Gasteiger partial charge in [-0.2, -0.15) is 0 Å². The number of rotatable bonds is 3. The van der Waals surface area contributed by atoms with Gasteiger partial charge in [-0.05, 0) is 12.1 Å². The lowest BCUT2D eigenvalue weighted by Gasteiger charge is -2.00. The highest BCUT2D eigenvalue weighted by atomic mass is 16.6. The van der Waals surface area contributed by atoms with E-state index >= 15 is 0 Å². The van der Waals surface area contributed by atoms with Gasteiger partial charge < -0.3 is 9.14 Å². The van der Waals surface area contributed by atoms with Crippen LogP contribution < -0.4 is 4.74 Å². The van der Waals surface area contributed by atoms with Crippen molar-refractivity contribution in [2.45, 2.75) is 0 Å². The first kappa shape index (κ1) is 11.2. The van der Waals surface area contributed by atoms with Gasteiger partial charge in [0, 0.05) is 29.9 Å². The van der Waals surface area contributed by atoms with Crippen molar-refractivity contribution in [2.24, 2.45) is 0 Å². The fourth-order valence-electron chi connectivity index (χ4n) is 1.75. The molecule has 3 aromatic heterocycles. The predicted molar refractivity (Wildman–Crippen MR) is 68.4 cm³/mol. The van der Waals surface area contributed by atoms with Crippen LogP contribution in [0.4, 0.5) is 5.69 Å². The van der Waals surface area contributed by atoms with Crippen molar-refractivity contribution in [1.82, 2.24) is 9.38 Å². The van der Waals surface area contributed by atoms with Crippen molar-refractivity contribution in [3.63, 3.8) is 0 Å². The molecule has 0 N–H and O–H groups in total. The summed E-state index contributed by atoms with van der Waals surface area (Å²) in [5, 5.41) is 10.5. The van der Waals surface area contributed by atoms with Gasteiger partial charge >= 0.3 is 0 Å². The molecule has 0 radical (unpaired) electrons. The summed E-state index contributed by atoms with van der Waals surface area (Å²) in [5.41, 5.74) is 0.939. The number of hydrogen-bond donors (Lipinski definition) is 0. The van der Waals surface area contributed by atoms with Gasteiger partial charge in [0.25, 0.3) is 5.69 Å². The zero-order chi connectivity index (χ0) is 13.2. The molecule has 6 heteroatoms. The molecule has 6 nitrogen and oxygen atoms in total. The van der Waals surface area contributed by atoms with Crippen LogP contribution in [0, 0.1) is 10.1 Å². The van der Waals surface area contributed by atoms with E-state index in [-0.39, 0.29) is 5.69 Å². The Morgan fingerprint density at radius 1 is 1.26 bits per heavy atom. The zero-order valence-electron chi connectivity index (χ0n) is 9.76. The first-order chi connectivity index (χ1) is 9.22. The monoisotopic (exact) mass is 255 g/mol. The van der Waals surface area contributed by atoms with Crippen LogP contribution in [-0.4, -0.2) is 14.3 Å². The molecule has 3 aromatic rings. The number of hydrogen-bond acceptors (Lipinski definition) is 4. The Hall–Kier alpha value is -2.89. The molecule has 3 rings (SSSR count). The fraction of sp³-hybridized carbons (Fsp3) is 0. The number of ether oxygens (including phenoxy) is 1. The topological polar surface area (TPSA) is 69.7 Å². The molecule has 0 fully saturated rings. The summed E-state index contributed by atoms with van der Waals surface area (Å²) in [6, 6.07) is 10.5. The average molecular weight is 255 g/mol. The lowest BCUT2D eigenvalue weighted by molar-refractivity contribution is -0.385. The van der Waals surface area contributed by atoms with Gasteiger partial charge in [-0.3, -0.25) is 10.1 Å². The van der Waals surface area contributed by atoms with Crippen LogP contribution in [0.2, 0.25) is 0 Å². The molecule has 0 aliphatic rings. The second kappa shape index (κ2) is 4.41. The summed E-state index contributed by atoms with van der Waals surface area (Å²) >= 11 is 0. The maximum Gasteiger partial charge on any atom is 0.287 e.